The van der Waals surface area contributed by atoms with E-state index >= 15 is 0 Å². The summed E-state index contributed by atoms with van der Waals surface area (Å²) in [5, 5.41) is 0. The molecule has 1 atom stereocenters. The van der Waals surface area contributed by atoms with Crippen molar-refractivity contribution in [3.8, 4) is 5.75 Å². The number of hydrogen-bond donors (Lipinski definition) is 1. The van der Waals surface area contributed by atoms with Crippen molar-refractivity contribution in [1.82, 2.24) is 4.98 Å². The molecule has 0 saturated carbocycles. The molecular weight excluding hydrogens is 254 g/mol. The van der Waals surface area contributed by atoms with Gasteiger partial charge in [-0.2, -0.15) is 0 Å². The van der Waals surface area contributed by atoms with Crippen LogP contribution in [0.25, 0.3) is 0 Å². The maximum atomic E-state index is 11.9. The summed E-state index contributed by atoms with van der Waals surface area (Å²) in [6.07, 6.45) is 1.33. The van der Waals surface area contributed by atoms with Gasteiger partial charge < -0.3 is 15.2 Å². The second-order valence-corrected chi connectivity index (χ2v) is 4.48. The second kappa shape index (κ2) is 8.01. The summed E-state index contributed by atoms with van der Waals surface area (Å²) in [7, 11) is 0. The highest BCUT2D eigenvalue weighted by molar-refractivity contribution is 5.25. The molecule has 0 bridgehead atoms. The average molecular weight is 274 g/mol. The van der Waals surface area contributed by atoms with Gasteiger partial charge in [0.1, 0.15) is 12.4 Å². The van der Waals surface area contributed by atoms with Crippen molar-refractivity contribution in [2.24, 2.45) is 5.73 Å². The van der Waals surface area contributed by atoms with Gasteiger partial charge in [0, 0.05) is 18.8 Å². The number of ether oxygens (including phenoxy) is 2. The molecule has 0 aliphatic rings. The molecule has 1 unspecified atom stereocenters. The van der Waals surface area contributed by atoms with Gasteiger partial charge in [-0.1, -0.05) is 0 Å². The normalized spacial score (nSPS) is 13.0. The van der Waals surface area contributed by atoms with Crippen LogP contribution in [0.4, 0.5) is 8.78 Å². The molecule has 0 spiro atoms. The standard InChI is InChI=1S/C13H20F2N2O2/c1-9(2)19-11-5-10(6-17-7-11)12(16)3-4-18-8-13(14)15/h5-7,9,12-13H,3-4,8,16H2,1-2H3. The van der Waals surface area contributed by atoms with Gasteiger partial charge in [-0.05, 0) is 31.9 Å². The minimum absolute atomic E-state index is 0.0580. The highest BCUT2D eigenvalue weighted by Crippen LogP contribution is 2.19. The van der Waals surface area contributed by atoms with Crippen molar-refractivity contribution in [3.63, 3.8) is 0 Å². The minimum atomic E-state index is -2.44. The zero-order valence-electron chi connectivity index (χ0n) is 11.2. The van der Waals surface area contributed by atoms with Gasteiger partial charge in [0.15, 0.2) is 0 Å². The van der Waals surface area contributed by atoms with Crippen LogP contribution in [0.15, 0.2) is 18.5 Å². The van der Waals surface area contributed by atoms with E-state index in [-0.39, 0.29) is 18.8 Å². The third kappa shape index (κ3) is 6.45. The molecule has 1 aromatic heterocycles. The molecule has 2 N–H and O–H groups in total. The number of pyridine rings is 1. The van der Waals surface area contributed by atoms with Gasteiger partial charge in [-0.15, -0.1) is 0 Å². The zero-order chi connectivity index (χ0) is 14.3. The molecule has 0 aliphatic carbocycles. The predicted octanol–water partition coefficient (Wildman–Crippen LogP) is 2.54. The van der Waals surface area contributed by atoms with E-state index in [0.29, 0.717) is 12.2 Å². The summed E-state index contributed by atoms with van der Waals surface area (Å²) in [6, 6.07) is 1.51. The van der Waals surface area contributed by atoms with Crippen molar-refractivity contribution >= 4 is 0 Å². The van der Waals surface area contributed by atoms with Gasteiger partial charge in [-0.25, -0.2) is 8.78 Å². The van der Waals surface area contributed by atoms with Crippen LogP contribution in [-0.4, -0.2) is 30.7 Å². The molecular formula is C13H20F2N2O2. The molecule has 0 aliphatic heterocycles. The summed E-state index contributed by atoms with van der Waals surface area (Å²) in [6.45, 7) is 3.48. The molecule has 0 aromatic carbocycles. The SMILES string of the molecule is CC(C)Oc1cncc(C(N)CCOCC(F)F)c1. The van der Waals surface area contributed by atoms with Crippen LogP contribution in [0.1, 0.15) is 31.9 Å². The summed E-state index contributed by atoms with van der Waals surface area (Å²) >= 11 is 0. The molecule has 0 amide bonds. The van der Waals surface area contributed by atoms with Crippen LogP contribution in [0.2, 0.25) is 0 Å². The Hall–Kier alpha value is -1.27. The highest BCUT2D eigenvalue weighted by Gasteiger charge is 2.09. The Morgan fingerprint density at radius 2 is 2.05 bits per heavy atom. The number of hydrogen-bond acceptors (Lipinski definition) is 4. The summed E-state index contributed by atoms with van der Waals surface area (Å²) in [5.41, 5.74) is 6.75. The first kappa shape index (κ1) is 15.8. The number of aromatic nitrogens is 1. The lowest BCUT2D eigenvalue weighted by molar-refractivity contribution is 0.0152. The fourth-order valence-corrected chi connectivity index (χ4v) is 1.52. The summed E-state index contributed by atoms with van der Waals surface area (Å²) in [4.78, 5) is 4.05. The van der Waals surface area contributed by atoms with Gasteiger partial charge in [0.2, 0.25) is 0 Å². The first-order chi connectivity index (χ1) is 8.99. The fourth-order valence-electron chi connectivity index (χ4n) is 1.52. The Morgan fingerprint density at radius 1 is 1.32 bits per heavy atom. The third-order valence-electron chi connectivity index (χ3n) is 2.35. The van der Waals surface area contributed by atoms with Crippen molar-refractivity contribution in [3.05, 3.63) is 24.0 Å². The first-order valence-corrected chi connectivity index (χ1v) is 6.22. The zero-order valence-corrected chi connectivity index (χ0v) is 11.2. The molecule has 0 radical (unpaired) electrons. The van der Waals surface area contributed by atoms with Crippen LogP contribution in [0.5, 0.6) is 5.75 Å². The monoisotopic (exact) mass is 274 g/mol. The Morgan fingerprint density at radius 3 is 2.68 bits per heavy atom. The number of nitrogens with zero attached hydrogens (tertiary/aromatic N) is 1. The molecule has 108 valence electrons. The molecule has 0 saturated heterocycles. The van der Waals surface area contributed by atoms with Crippen LogP contribution < -0.4 is 10.5 Å². The van der Waals surface area contributed by atoms with E-state index in [0.717, 1.165) is 5.56 Å². The third-order valence-corrected chi connectivity index (χ3v) is 2.35. The van der Waals surface area contributed by atoms with E-state index in [9.17, 15) is 8.78 Å². The number of halogens is 2. The lowest BCUT2D eigenvalue weighted by Crippen LogP contribution is -2.15. The minimum Gasteiger partial charge on any atom is -0.489 e. The summed E-state index contributed by atoms with van der Waals surface area (Å²) in [5.74, 6) is 0.649. The highest BCUT2D eigenvalue weighted by atomic mass is 19.3. The van der Waals surface area contributed by atoms with E-state index < -0.39 is 13.0 Å². The van der Waals surface area contributed by atoms with E-state index in [2.05, 4.69) is 4.98 Å². The van der Waals surface area contributed by atoms with Crippen molar-refractivity contribution < 1.29 is 18.3 Å². The lowest BCUT2D eigenvalue weighted by Gasteiger charge is -2.14. The Kier molecular flexibility index (Phi) is 6.66. The molecule has 1 aromatic rings. The maximum absolute atomic E-state index is 11.9. The van der Waals surface area contributed by atoms with Gasteiger partial charge >= 0.3 is 0 Å². The van der Waals surface area contributed by atoms with Crippen LogP contribution >= 0.6 is 0 Å². The van der Waals surface area contributed by atoms with Gasteiger partial charge in [-0.3, -0.25) is 4.98 Å². The first-order valence-electron chi connectivity index (χ1n) is 6.22. The molecule has 1 rings (SSSR count). The van der Waals surface area contributed by atoms with Crippen LogP contribution in [-0.2, 0) is 4.74 Å². The number of alkyl halides is 2. The Labute approximate surface area is 111 Å². The van der Waals surface area contributed by atoms with Crippen LogP contribution in [0, 0.1) is 0 Å². The van der Waals surface area contributed by atoms with E-state index in [4.69, 9.17) is 15.2 Å². The maximum Gasteiger partial charge on any atom is 0.261 e. The molecule has 1 heterocycles. The average Bonchev–Trinajstić information content (AvgIpc) is 2.33. The molecule has 0 fully saturated rings. The van der Waals surface area contributed by atoms with Gasteiger partial charge in [0.25, 0.3) is 6.43 Å². The Bertz CT molecular complexity index is 375. The molecule has 19 heavy (non-hydrogen) atoms. The predicted molar refractivity (Wildman–Crippen MR) is 68.4 cm³/mol. The topological polar surface area (TPSA) is 57.4 Å². The van der Waals surface area contributed by atoms with E-state index in [1.54, 1.807) is 12.4 Å². The van der Waals surface area contributed by atoms with Crippen LogP contribution in [0.3, 0.4) is 0 Å². The van der Waals surface area contributed by atoms with Crippen molar-refractivity contribution in [1.29, 1.82) is 0 Å². The molecule has 6 heteroatoms. The van der Waals surface area contributed by atoms with E-state index in [1.165, 1.54) is 0 Å². The Balaban J connectivity index is 2.45. The number of rotatable bonds is 8. The molecule has 4 nitrogen and oxygen atoms in total. The van der Waals surface area contributed by atoms with E-state index in [1.807, 2.05) is 19.9 Å². The quantitative estimate of drug-likeness (QED) is 0.740. The number of nitrogens with two attached hydrogens (primary N) is 1. The largest absolute Gasteiger partial charge is 0.489 e. The van der Waals surface area contributed by atoms with Crippen molar-refractivity contribution in [2.45, 2.75) is 38.8 Å². The lowest BCUT2D eigenvalue weighted by atomic mass is 10.1. The fraction of sp³-hybridized carbons (Fsp3) is 0.615. The van der Waals surface area contributed by atoms with Gasteiger partial charge in [0.05, 0.1) is 12.3 Å². The second-order valence-electron chi connectivity index (χ2n) is 4.48. The summed E-state index contributed by atoms with van der Waals surface area (Å²) < 4.78 is 34.1. The smallest absolute Gasteiger partial charge is 0.261 e. The van der Waals surface area contributed by atoms with Crippen molar-refractivity contribution in [2.75, 3.05) is 13.2 Å².